The number of aromatic nitrogens is 3. The molecule has 2 amide bonds. The molecule has 1 heterocycles. The third-order valence-corrected chi connectivity index (χ3v) is 6.30. The Hall–Kier alpha value is -3.00. The van der Waals surface area contributed by atoms with Gasteiger partial charge in [0.2, 0.25) is 0 Å². The van der Waals surface area contributed by atoms with Crippen molar-refractivity contribution in [2.45, 2.75) is 24.4 Å². The minimum Gasteiger partial charge on any atom is -0.331 e. The number of rotatable bonds is 7. The molecular formula is C24H21Cl2N5OS. The highest BCUT2D eigenvalue weighted by molar-refractivity contribution is 7.98. The number of benzene rings is 3. The Morgan fingerprint density at radius 3 is 2.61 bits per heavy atom. The van der Waals surface area contributed by atoms with E-state index < -0.39 is 0 Å². The highest BCUT2D eigenvalue weighted by atomic mass is 35.5. The van der Waals surface area contributed by atoms with Crippen LogP contribution < -0.4 is 10.6 Å². The summed E-state index contributed by atoms with van der Waals surface area (Å²) in [5.74, 6) is 1.24. The van der Waals surface area contributed by atoms with Crippen LogP contribution in [0.1, 0.15) is 17.0 Å². The van der Waals surface area contributed by atoms with Gasteiger partial charge in [-0.3, -0.25) is 4.57 Å². The zero-order chi connectivity index (χ0) is 23.2. The van der Waals surface area contributed by atoms with Crippen molar-refractivity contribution < 1.29 is 4.79 Å². The van der Waals surface area contributed by atoms with Gasteiger partial charge in [0.1, 0.15) is 0 Å². The minimum absolute atomic E-state index is 0.152. The average molecular weight is 498 g/mol. The standard InChI is InChI=1S/C24H21Cl2N5OS/c1-16-6-5-9-19(12-16)28-23(32)27-14-22-29-30-24(33-15-17-7-3-2-4-8-17)31(22)21-13-18(25)10-11-20(21)26/h2-13H,14-15H2,1H3,(H2,27,28,32). The molecule has 0 aliphatic heterocycles. The molecule has 0 aliphatic rings. The molecule has 2 N–H and O–H groups in total. The first kappa shape index (κ1) is 23.2. The topological polar surface area (TPSA) is 71.8 Å². The predicted octanol–water partition coefficient (Wildman–Crippen LogP) is 6.50. The van der Waals surface area contributed by atoms with Crippen LogP contribution >= 0.6 is 35.0 Å². The van der Waals surface area contributed by atoms with Crippen LogP contribution in [-0.2, 0) is 12.3 Å². The molecule has 0 aliphatic carbocycles. The second-order valence-corrected chi connectivity index (χ2v) is 9.07. The van der Waals surface area contributed by atoms with Crippen LogP contribution in [0, 0.1) is 6.92 Å². The van der Waals surface area contributed by atoms with E-state index in [-0.39, 0.29) is 12.6 Å². The summed E-state index contributed by atoms with van der Waals surface area (Å²) in [6.07, 6.45) is 0. The van der Waals surface area contributed by atoms with E-state index in [1.165, 1.54) is 11.8 Å². The second-order valence-electron chi connectivity index (χ2n) is 7.28. The molecule has 4 rings (SSSR count). The monoisotopic (exact) mass is 497 g/mol. The Morgan fingerprint density at radius 1 is 1.00 bits per heavy atom. The Labute approximate surface area is 206 Å². The summed E-state index contributed by atoms with van der Waals surface area (Å²) in [6.45, 7) is 2.12. The van der Waals surface area contributed by atoms with Gasteiger partial charge in [0.25, 0.3) is 0 Å². The van der Waals surface area contributed by atoms with Gasteiger partial charge >= 0.3 is 6.03 Å². The van der Waals surface area contributed by atoms with E-state index in [1.807, 2.05) is 54.0 Å². The molecule has 0 spiro atoms. The molecule has 168 valence electrons. The third kappa shape index (κ3) is 6.07. The Bertz CT molecular complexity index is 1260. The van der Waals surface area contributed by atoms with Crippen LogP contribution in [0.25, 0.3) is 5.69 Å². The second kappa shape index (κ2) is 10.7. The van der Waals surface area contributed by atoms with Crippen molar-refractivity contribution >= 4 is 46.7 Å². The quantitative estimate of drug-likeness (QED) is 0.286. The molecule has 0 fully saturated rings. The van der Waals surface area contributed by atoms with E-state index in [2.05, 4.69) is 33.0 Å². The molecule has 0 atom stereocenters. The number of halogens is 2. The molecule has 0 saturated carbocycles. The molecule has 0 unspecified atom stereocenters. The van der Waals surface area contributed by atoms with Crippen molar-refractivity contribution in [1.82, 2.24) is 20.1 Å². The number of nitrogens with zero attached hydrogens (tertiary/aromatic N) is 3. The number of anilines is 1. The van der Waals surface area contributed by atoms with Gasteiger partial charge in [-0.25, -0.2) is 4.79 Å². The number of amides is 2. The van der Waals surface area contributed by atoms with Crippen molar-refractivity contribution in [2.75, 3.05) is 5.32 Å². The average Bonchev–Trinajstić information content (AvgIpc) is 3.21. The highest BCUT2D eigenvalue weighted by Crippen LogP contribution is 2.30. The maximum atomic E-state index is 12.5. The first-order valence-corrected chi connectivity index (χ1v) is 11.9. The fourth-order valence-electron chi connectivity index (χ4n) is 3.19. The van der Waals surface area contributed by atoms with Crippen LogP contribution in [0.2, 0.25) is 10.0 Å². The van der Waals surface area contributed by atoms with Crippen molar-refractivity contribution in [3.05, 3.63) is 99.8 Å². The number of carbonyl (C=O) groups is 1. The van der Waals surface area contributed by atoms with Gasteiger partial charge in [-0.15, -0.1) is 10.2 Å². The fourth-order valence-corrected chi connectivity index (χ4v) is 4.47. The van der Waals surface area contributed by atoms with Crippen LogP contribution in [-0.4, -0.2) is 20.8 Å². The fraction of sp³-hybridized carbons (Fsp3) is 0.125. The predicted molar refractivity (Wildman–Crippen MR) is 134 cm³/mol. The molecule has 0 radical (unpaired) electrons. The van der Waals surface area contributed by atoms with Crippen LogP contribution in [0.5, 0.6) is 0 Å². The van der Waals surface area contributed by atoms with Crippen molar-refractivity contribution in [2.24, 2.45) is 0 Å². The molecule has 3 aromatic carbocycles. The number of hydrogen-bond donors (Lipinski definition) is 2. The summed E-state index contributed by atoms with van der Waals surface area (Å²) in [4.78, 5) is 12.5. The van der Waals surface area contributed by atoms with Gasteiger partial charge in [-0.2, -0.15) is 0 Å². The van der Waals surface area contributed by atoms with E-state index in [0.29, 0.717) is 38.2 Å². The summed E-state index contributed by atoms with van der Waals surface area (Å²) in [5.41, 5.74) is 3.58. The van der Waals surface area contributed by atoms with E-state index in [0.717, 1.165) is 11.1 Å². The van der Waals surface area contributed by atoms with Crippen LogP contribution in [0.15, 0.2) is 78.0 Å². The summed E-state index contributed by atoms with van der Waals surface area (Å²) in [7, 11) is 0. The Morgan fingerprint density at radius 2 is 1.82 bits per heavy atom. The van der Waals surface area contributed by atoms with E-state index in [9.17, 15) is 4.79 Å². The lowest BCUT2D eigenvalue weighted by Crippen LogP contribution is -2.29. The largest absolute Gasteiger partial charge is 0.331 e. The number of hydrogen-bond acceptors (Lipinski definition) is 4. The summed E-state index contributed by atoms with van der Waals surface area (Å²) in [5, 5.41) is 16.0. The lowest BCUT2D eigenvalue weighted by molar-refractivity contribution is 0.251. The van der Waals surface area contributed by atoms with Crippen LogP contribution in [0.4, 0.5) is 10.5 Å². The maximum absolute atomic E-state index is 12.5. The summed E-state index contributed by atoms with van der Waals surface area (Å²) >= 11 is 14.3. The molecule has 9 heteroatoms. The first-order chi connectivity index (χ1) is 16.0. The van der Waals surface area contributed by atoms with Crippen molar-refractivity contribution in [3.8, 4) is 5.69 Å². The van der Waals surface area contributed by atoms with E-state index in [1.54, 1.807) is 18.2 Å². The molecular weight excluding hydrogens is 477 g/mol. The molecule has 1 aromatic heterocycles. The molecule has 6 nitrogen and oxygen atoms in total. The SMILES string of the molecule is Cc1cccc(NC(=O)NCc2nnc(SCc3ccccc3)n2-c2cc(Cl)ccc2Cl)c1. The Balaban J connectivity index is 1.56. The molecule has 33 heavy (non-hydrogen) atoms. The molecule has 4 aromatic rings. The van der Waals surface area contributed by atoms with Crippen molar-refractivity contribution in [1.29, 1.82) is 0 Å². The van der Waals surface area contributed by atoms with Gasteiger partial charge in [0, 0.05) is 16.5 Å². The molecule has 0 saturated heterocycles. The van der Waals surface area contributed by atoms with Gasteiger partial charge in [-0.05, 0) is 48.4 Å². The van der Waals surface area contributed by atoms with Crippen molar-refractivity contribution in [3.63, 3.8) is 0 Å². The van der Waals surface area contributed by atoms with Gasteiger partial charge < -0.3 is 10.6 Å². The number of thioether (sulfide) groups is 1. The first-order valence-electron chi connectivity index (χ1n) is 10.2. The number of urea groups is 1. The zero-order valence-electron chi connectivity index (χ0n) is 17.8. The molecule has 0 bridgehead atoms. The van der Waals surface area contributed by atoms with E-state index in [4.69, 9.17) is 23.2 Å². The Kier molecular flexibility index (Phi) is 7.54. The highest BCUT2D eigenvalue weighted by Gasteiger charge is 2.18. The van der Waals surface area contributed by atoms with E-state index >= 15 is 0 Å². The lowest BCUT2D eigenvalue weighted by Gasteiger charge is -2.13. The maximum Gasteiger partial charge on any atom is 0.319 e. The number of nitrogens with one attached hydrogen (secondary N) is 2. The van der Waals surface area contributed by atoms with Gasteiger partial charge in [0.05, 0.1) is 17.3 Å². The summed E-state index contributed by atoms with van der Waals surface area (Å²) in [6, 6.07) is 22.5. The smallest absolute Gasteiger partial charge is 0.319 e. The zero-order valence-corrected chi connectivity index (χ0v) is 20.1. The minimum atomic E-state index is -0.342. The number of carbonyl (C=O) groups excluding carboxylic acids is 1. The van der Waals surface area contributed by atoms with Gasteiger partial charge in [-0.1, -0.05) is 77.4 Å². The summed E-state index contributed by atoms with van der Waals surface area (Å²) < 4.78 is 1.83. The van der Waals surface area contributed by atoms with Crippen LogP contribution in [0.3, 0.4) is 0 Å². The van der Waals surface area contributed by atoms with Gasteiger partial charge in [0.15, 0.2) is 11.0 Å². The third-order valence-electron chi connectivity index (χ3n) is 4.74. The number of aryl methyl sites for hydroxylation is 1. The normalized spacial score (nSPS) is 10.8. The lowest BCUT2D eigenvalue weighted by atomic mass is 10.2.